The van der Waals surface area contributed by atoms with Crippen LogP contribution in [0.15, 0.2) is 0 Å². The molecule has 1 saturated heterocycles. The number of carbonyl (C=O) groups excluding carboxylic acids is 1. The van der Waals surface area contributed by atoms with E-state index in [2.05, 4.69) is 5.32 Å². The fourth-order valence-corrected chi connectivity index (χ4v) is 2.26. The van der Waals surface area contributed by atoms with Gasteiger partial charge in [0.1, 0.15) is 5.54 Å². The van der Waals surface area contributed by atoms with Crippen molar-refractivity contribution in [3.63, 3.8) is 0 Å². The average molecular weight is 278 g/mol. The number of hydrogen-bond donors (Lipinski definition) is 2. The number of alkyl halides is 2. The summed E-state index contributed by atoms with van der Waals surface area (Å²) >= 11 is 0. The fraction of sp³-hybridized carbons (Fsp3) is 0.833. The zero-order valence-corrected chi connectivity index (χ0v) is 11.0. The maximum atomic E-state index is 13.2. The fourth-order valence-electron chi connectivity index (χ4n) is 2.26. The predicted molar refractivity (Wildman–Crippen MR) is 65.1 cm³/mol. The molecule has 2 N–H and O–H groups in total. The topological polar surface area (TPSA) is 69.6 Å². The molecule has 0 aromatic rings. The van der Waals surface area contributed by atoms with Crippen molar-refractivity contribution in [1.82, 2.24) is 10.2 Å². The molecule has 19 heavy (non-hydrogen) atoms. The number of nitrogens with zero attached hydrogens (tertiary/aromatic N) is 1. The number of halogens is 2. The minimum absolute atomic E-state index is 0.0803. The number of carboxylic acid groups (broad SMARTS) is 1. The molecule has 0 aromatic carbocycles. The highest BCUT2D eigenvalue weighted by atomic mass is 19.3. The largest absolute Gasteiger partial charge is 0.480 e. The molecule has 1 amide bonds. The molecule has 1 heterocycles. The Morgan fingerprint density at radius 2 is 2.26 bits per heavy atom. The minimum atomic E-state index is -2.64. The van der Waals surface area contributed by atoms with Crippen molar-refractivity contribution in [2.45, 2.75) is 44.1 Å². The summed E-state index contributed by atoms with van der Waals surface area (Å²) in [5.74, 6) is -3.77. The summed E-state index contributed by atoms with van der Waals surface area (Å²) in [6, 6.07) is 0. The zero-order chi connectivity index (χ0) is 14.5. The van der Waals surface area contributed by atoms with Crippen LogP contribution in [-0.4, -0.2) is 53.5 Å². The Labute approximate surface area is 111 Å². The molecule has 0 bridgehead atoms. The van der Waals surface area contributed by atoms with Gasteiger partial charge in [-0.15, -0.1) is 0 Å². The Hall–Kier alpha value is -1.24. The monoisotopic (exact) mass is 278 g/mol. The highest BCUT2D eigenvalue weighted by molar-refractivity contribution is 5.80. The summed E-state index contributed by atoms with van der Waals surface area (Å²) in [5.41, 5.74) is -1.33. The van der Waals surface area contributed by atoms with E-state index in [1.807, 2.05) is 0 Å². The number of rotatable bonds is 7. The molecule has 0 aliphatic carbocycles. The summed E-state index contributed by atoms with van der Waals surface area (Å²) < 4.78 is 26.3. The van der Waals surface area contributed by atoms with Crippen LogP contribution in [0, 0.1) is 0 Å². The van der Waals surface area contributed by atoms with Gasteiger partial charge in [0.05, 0.1) is 6.54 Å². The van der Waals surface area contributed by atoms with Crippen LogP contribution in [-0.2, 0) is 9.59 Å². The van der Waals surface area contributed by atoms with Crippen molar-refractivity contribution < 1.29 is 23.5 Å². The second-order valence-corrected chi connectivity index (χ2v) is 5.24. The maximum Gasteiger partial charge on any atom is 0.329 e. The minimum Gasteiger partial charge on any atom is -0.480 e. The second kappa shape index (κ2) is 6.27. The molecular formula is C12H20F2N2O3. The van der Waals surface area contributed by atoms with Gasteiger partial charge in [-0.05, 0) is 39.3 Å². The van der Waals surface area contributed by atoms with Gasteiger partial charge in [0.15, 0.2) is 0 Å². The summed E-state index contributed by atoms with van der Waals surface area (Å²) in [7, 11) is 0. The van der Waals surface area contributed by atoms with Crippen LogP contribution in [0.5, 0.6) is 0 Å². The number of aliphatic carboxylic acids is 1. The molecule has 110 valence electrons. The van der Waals surface area contributed by atoms with E-state index in [1.165, 1.54) is 6.92 Å². The van der Waals surface area contributed by atoms with E-state index in [9.17, 15) is 18.4 Å². The van der Waals surface area contributed by atoms with E-state index in [0.29, 0.717) is 32.3 Å². The Bertz CT molecular complexity index is 339. The molecule has 7 heteroatoms. The molecule has 1 atom stereocenters. The number of nitrogens with one attached hydrogen (secondary N) is 1. The normalized spacial score (nSPS) is 22.5. The molecule has 1 aliphatic rings. The summed E-state index contributed by atoms with van der Waals surface area (Å²) in [4.78, 5) is 23.1. The lowest BCUT2D eigenvalue weighted by Crippen LogP contribution is -2.49. The zero-order valence-electron chi connectivity index (χ0n) is 11.0. The smallest absolute Gasteiger partial charge is 0.329 e. The van der Waals surface area contributed by atoms with Crippen molar-refractivity contribution in [1.29, 1.82) is 0 Å². The van der Waals surface area contributed by atoms with Gasteiger partial charge in [-0.3, -0.25) is 9.69 Å². The molecule has 1 fully saturated rings. The van der Waals surface area contributed by atoms with Crippen LogP contribution in [0.3, 0.4) is 0 Å². The van der Waals surface area contributed by atoms with Crippen LogP contribution in [0.2, 0.25) is 0 Å². The molecule has 0 saturated carbocycles. The molecule has 0 aromatic heterocycles. The number of hydrogen-bond acceptors (Lipinski definition) is 3. The lowest BCUT2D eigenvalue weighted by Gasteiger charge is -2.33. The molecule has 5 nitrogen and oxygen atoms in total. The Morgan fingerprint density at radius 3 is 2.79 bits per heavy atom. The average Bonchev–Trinajstić information content (AvgIpc) is 2.27. The Kier molecular flexibility index (Phi) is 5.22. The predicted octanol–water partition coefficient (Wildman–Crippen LogP) is 1.09. The number of likely N-dealkylation sites (tertiary alicyclic amines) is 1. The van der Waals surface area contributed by atoms with Crippen LogP contribution in [0.25, 0.3) is 0 Å². The third-order valence-electron chi connectivity index (χ3n) is 3.47. The molecule has 0 radical (unpaired) electrons. The van der Waals surface area contributed by atoms with E-state index in [1.54, 1.807) is 4.90 Å². The van der Waals surface area contributed by atoms with Crippen molar-refractivity contribution in [3.8, 4) is 0 Å². The van der Waals surface area contributed by atoms with Crippen LogP contribution in [0.4, 0.5) is 8.78 Å². The number of carbonyl (C=O) groups is 2. The van der Waals surface area contributed by atoms with E-state index in [4.69, 9.17) is 5.11 Å². The second-order valence-electron chi connectivity index (χ2n) is 5.24. The molecular weight excluding hydrogens is 258 g/mol. The molecule has 0 spiro atoms. The molecule has 1 aliphatic heterocycles. The lowest BCUT2D eigenvalue weighted by molar-refractivity contribution is -0.145. The van der Waals surface area contributed by atoms with Gasteiger partial charge < -0.3 is 10.4 Å². The maximum absolute atomic E-state index is 13.2. The third kappa shape index (κ3) is 4.74. The van der Waals surface area contributed by atoms with Gasteiger partial charge in [0.25, 0.3) is 5.92 Å². The Balaban J connectivity index is 2.40. The highest BCUT2D eigenvalue weighted by Crippen LogP contribution is 2.26. The van der Waals surface area contributed by atoms with E-state index in [-0.39, 0.29) is 19.4 Å². The van der Waals surface area contributed by atoms with Crippen LogP contribution in [0.1, 0.15) is 32.6 Å². The first-order valence-corrected chi connectivity index (χ1v) is 6.34. The Morgan fingerprint density at radius 1 is 1.58 bits per heavy atom. The number of amides is 1. The SMILES string of the molecule is CC(CCCN1CCCC(F)(F)C1)(NC=O)C(=O)O. The van der Waals surface area contributed by atoms with Gasteiger partial charge in [-0.25, -0.2) is 13.6 Å². The van der Waals surface area contributed by atoms with E-state index < -0.39 is 17.4 Å². The van der Waals surface area contributed by atoms with Gasteiger partial charge in [-0.1, -0.05) is 0 Å². The summed E-state index contributed by atoms with van der Waals surface area (Å²) in [6.45, 7) is 2.17. The van der Waals surface area contributed by atoms with Crippen molar-refractivity contribution in [3.05, 3.63) is 0 Å². The van der Waals surface area contributed by atoms with E-state index in [0.717, 1.165) is 0 Å². The van der Waals surface area contributed by atoms with Crippen molar-refractivity contribution in [2.75, 3.05) is 19.6 Å². The van der Waals surface area contributed by atoms with E-state index >= 15 is 0 Å². The van der Waals surface area contributed by atoms with Gasteiger partial charge in [0, 0.05) is 6.42 Å². The van der Waals surface area contributed by atoms with Crippen molar-refractivity contribution >= 4 is 12.4 Å². The first kappa shape index (κ1) is 15.8. The third-order valence-corrected chi connectivity index (χ3v) is 3.47. The van der Waals surface area contributed by atoms with Gasteiger partial charge in [0.2, 0.25) is 6.41 Å². The standard InChI is InChI=1S/C12H20F2N2O3/c1-11(10(18)19,15-9-17)4-2-6-16-7-3-5-12(13,14)8-16/h9H,2-8H2,1H3,(H,15,17)(H,18,19). The van der Waals surface area contributed by atoms with Gasteiger partial charge in [-0.2, -0.15) is 0 Å². The number of piperidine rings is 1. The molecule has 1 unspecified atom stereocenters. The van der Waals surface area contributed by atoms with Crippen LogP contribution < -0.4 is 5.32 Å². The van der Waals surface area contributed by atoms with Crippen molar-refractivity contribution in [2.24, 2.45) is 0 Å². The number of carboxylic acids is 1. The highest BCUT2D eigenvalue weighted by Gasteiger charge is 2.36. The van der Waals surface area contributed by atoms with Gasteiger partial charge >= 0.3 is 5.97 Å². The first-order valence-electron chi connectivity index (χ1n) is 6.34. The first-order chi connectivity index (χ1) is 8.79. The quantitative estimate of drug-likeness (QED) is 0.684. The lowest BCUT2D eigenvalue weighted by atomic mass is 9.95. The summed E-state index contributed by atoms with van der Waals surface area (Å²) in [6.07, 6.45) is 1.38. The molecule has 1 rings (SSSR count). The summed E-state index contributed by atoms with van der Waals surface area (Å²) in [5, 5.41) is 11.3. The van der Waals surface area contributed by atoms with Crippen LogP contribution >= 0.6 is 0 Å².